The summed E-state index contributed by atoms with van der Waals surface area (Å²) in [5, 5.41) is 0. The summed E-state index contributed by atoms with van der Waals surface area (Å²) in [6.07, 6.45) is 1.72. The molecule has 0 aromatic carbocycles. The molecule has 1 aliphatic heterocycles. The quantitative estimate of drug-likeness (QED) is 0.433. The minimum atomic E-state index is -0.596. The minimum absolute atomic E-state index is 0.297. The van der Waals surface area contributed by atoms with Crippen LogP contribution in [-0.2, 0) is 9.47 Å². The molecule has 3 nitrogen and oxygen atoms in total. The van der Waals surface area contributed by atoms with E-state index < -0.39 is 11.8 Å². The fourth-order valence-electron chi connectivity index (χ4n) is 0.825. The molecule has 0 amide bonds. The highest BCUT2D eigenvalue weighted by atomic mass is 16.8. The van der Waals surface area contributed by atoms with Gasteiger partial charge < -0.3 is 9.47 Å². The molecule has 1 unspecified atom stereocenters. The lowest BCUT2D eigenvalue weighted by atomic mass is 10.0. The van der Waals surface area contributed by atoms with E-state index in [1.807, 2.05) is 6.92 Å². The number of carbonyl (C=O) groups is 1. The van der Waals surface area contributed by atoms with Crippen molar-refractivity contribution in [1.29, 1.82) is 0 Å². The summed E-state index contributed by atoms with van der Waals surface area (Å²) in [5.41, 5.74) is -0.558. The first-order valence-electron chi connectivity index (χ1n) is 3.22. The summed E-state index contributed by atoms with van der Waals surface area (Å²) in [6.45, 7) is 5.78. The van der Waals surface area contributed by atoms with Crippen LogP contribution in [0.25, 0.3) is 0 Å². The molecule has 0 aromatic rings. The van der Waals surface area contributed by atoms with Crippen molar-refractivity contribution in [2.75, 3.05) is 6.61 Å². The summed E-state index contributed by atoms with van der Waals surface area (Å²) in [7, 11) is 0. The van der Waals surface area contributed by atoms with E-state index in [0.717, 1.165) is 0 Å². The molecule has 1 saturated heterocycles. The Hall–Kier alpha value is -0.990. The van der Waals surface area contributed by atoms with Crippen molar-refractivity contribution in [3.63, 3.8) is 0 Å². The molecule has 10 heavy (non-hydrogen) atoms. The Balaban J connectivity index is 2.68. The number of cyclic esters (lactones) is 2. The van der Waals surface area contributed by atoms with Gasteiger partial charge in [-0.25, -0.2) is 4.79 Å². The van der Waals surface area contributed by atoms with E-state index in [2.05, 4.69) is 11.3 Å². The van der Waals surface area contributed by atoms with Crippen molar-refractivity contribution in [1.82, 2.24) is 0 Å². The Morgan fingerprint density at radius 1 is 1.90 bits per heavy atom. The van der Waals surface area contributed by atoms with Crippen molar-refractivity contribution in [2.45, 2.75) is 18.9 Å². The molecule has 1 rings (SSSR count). The molecule has 0 radical (unpaired) electrons. The van der Waals surface area contributed by atoms with E-state index in [0.29, 0.717) is 13.0 Å². The lowest BCUT2D eigenvalue weighted by Crippen LogP contribution is -2.27. The largest absolute Gasteiger partial charge is 0.509 e. The second-order valence-electron chi connectivity index (χ2n) is 2.26. The van der Waals surface area contributed by atoms with Gasteiger partial charge in [0.25, 0.3) is 0 Å². The standard InChI is InChI=1S/C7H10O3/c1-3-7(4-2)5-9-6(8)10-7/h3H,1,4-5H2,2H3. The maximum Gasteiger partial charge on any atom is 0.509 e. The summed E-state index contributed by atoms with van der Waals surface area (Å²) >= 11 is 0. The van der Waals surface area contributed by atoms with Gasteiger partial charge in [0.15, 0.2) is 5.60 Å². The third-order valence-electron chi connectivity index (χ3n) is 1.69. The molecule has 1 fully saturated rings. The molecule has 0 bridgehead atoms. The van der Waals surface area contributed by atoms with Crippen LogP contribution in [0.2, 0.25) is 0 Å². The molecule has 0 spiro atoms. The lowest BCUT2D eigenvalue weighted by molar-refractivity contribution is 0.0874. The molecule has 0 saturated carbocycles. The van der Waals surface area contributed by atoms with E-state index in [-0.39, 0.29) is 0 Å². The Kier molecular flexibility index (Phi) is 1.66. The third kappa shape index (κ3) is 0.988. The molecular formula is C7H10O3. The first-order valence-corrected chi connectivity index (χ1v) is 3.22. The van der Waals surface area contributed by atoms with Crippen LogP contribution >= 0.6 is 0 Å². The molecule has 1 heterocycles. The smallest absolute Gasteiger partial charge is 0.430 e. The van der Waals surface area contributed by atoms with Crippen LogP contribution in [0.1, 0.15) is 13.3 Å². The van der Waals surface area contributed by atoms with Gasteiger partial charge in [-0.05, 0) is 12.5 Å². The van der Waals surface area contributed by atoms with Crippen LogP contribution in [0.15, 0.2) is 12.7 Å². The predicted molar refractivity (Wildman–Crippen MR) is 35.7 cm³/mol. The fourth-order valence-corrected chi connectivity index (χ4v) is 0.825. The van der Waals surface area contributed by atoms with Gasteiger partial charge >= 0.3 is 6.16 Å². The summed E-state index contributed by atoms with van der Waals surface area (Å²) in [5.74, 6) is 0. The topological polar surface area (TPSA) is 35.5 Å². The number of hydrogen-bond acceptors (Lipinski definition) is 3. The number of ether oxygens (including phenoxy) is 2. The van der Waals surface area contributed by atoms with Gasteiger partial charge in [0, 0.05) is 0 Å². The predicted octanol–water partition coefficient (Wildman–Crippen LogP) is 1.49. The van der Waals surface area contributed by atoms with Crippen LogP contribution in [0, 0.1) is 0 Å². The maximum absolute atomic E-state index is 10.5. The maximum atomic E-state index is 10.5. The van der Waals surface area contributed by atoms with Crippen molar-refractivity contribution >= 4 is 6.16 Å². The van der Waals surface area contributed by atoms with Crippen molar-refractivity contribution < 1.29 is 14.3 Å². The number of hydrogen-bond donors (Lipinski definition) is 0. The Labute approximate surface area is 59.6 Å². The Morgan fingerprint density at radius 2 is 2.60 bits per heavy atom. The van der Waals surface area contributed by atoms with Gasteiger partial charge in [-0.15, -0.1) is 0 Å². The summed E-state index contributed by atoms with van der Waals surface area (Å²) < 4.78 is 9.49. The van der Waals surface area contributed by atoms with Gasteiger partial charge in [-0.2, -0.15) is 0 Å². The molecule has 0 aromatic heterocycles. The van der Waals surface area contributed by atoms with Gasteiger partial charge in [0.05, 0.1) is 0 Å². The van der Waals surface area contributed by atoms with Crippen LogP contribution in [0.3, 0.4) is 0 Å². The zero-order valence-corrected chi connectivity index (χ0v) is 5.92. The van der Waals surface area contributed by atoms with Crippen molar-refractivity contribution in [3.8, 4) is 0 Å². The molecule has 1 aliphatic rings. The second kappa shape index (κ2) is 2.33. The average molecular weight is 142 g/mol. The van der Waals surface area contributed by atoms with Crippen LogP contribution in [0.4, 0.5) is 4.79 Å². The second-order valence-corrected chi connectivity index (χ2v) is 2.26. The Bertz CT molecular complexity index is 164. The molecule has 0 aliphatic carbocycles. The van der Waals surface area contributed by atoms with E-state index in [1.54, 1.807) is 6.08 Å². The summed E-state index contributed by atoms with van der Waals surface area (Å²) in [6, 6.07) is 0. The SMILES string of the molecule is C=CC1(CC)COC(=O)O1. The molecule has 1 atom stereocenters. The zero-order valence-electron chi connectivity index (χ0n) is 5.92. The average Bonchev–Trinajstić information content (AvgIpc) is 2.33. The zero-order chi connectivity index (χ0) is 7.61. The first-order chi connectivity index (χ1) is 4.72. The van der Waals surface area contributed by atoms with Crippen LogP contribution in [-0.4, -0.2) is 18.4 Å². The van der Waals surface area contributed by atoms with E-state index in [1.165, 1.54) is 0 Å². The fraction of sp³-hybridized carbons (Fsp3) is 0.571. The van der Waals surface area contributed by atoms with Crippen molar-refractivity contribution in [2.24, 2.45) is 0 Å². The monoisotopic (exact) mass is 142 g/mol. The van der Waals surface area contributed by atoms with E-state index >= 15 is 0 Å². The van der Waals surface area contributed by atoms with E-state index in [4.69, 9.17) is 4.74 Å². The first kappa shape index (κ1) is 7.12. The number of carbonyl (C=O) groups excluding carboxylic acids is 1. The van der Waals surface area contributed by atoms with Gasteiger partial charge in [-0.3, -0.25) is 0 Å². The highest BCUT2D eigenvalue weighted by Crippen LogP contribution is 2.24. The van der Waals surface area contributed by atoms with Gasteiger partial charge in [0.2, 0.25) is 0 Å². The minimum Gasteiger partial charge on any atom is -0.430 e. The molecule has 3 heteroatoms. The van der Waals surface area contributed by atoms with Gasteiger partial charge in [0.1, 0.15) is 6.61 Å². The van der Waals surface area contributed by atoms with Crippen LogP contribution in [0.5, 0.6) is 0 Å². The van der Waals surface area contributed by atoms with Gasteiger partial charge in [-0.1, -0.05) is 13.5 Å². The Morgan fingerprint density at radius 3 is 2.80 bits per heavy atom. The lowest BCUT2D eigenvalue weighted by Gasteiger charge is -2.16. The third-order valence-corrected chi connectivity index (χ3v) is 1.69. The van der Waals surface area contributed by atoms with Crippen LogP contribution < -0.4 is 0 Å². The van der Waals surface area contributed by atoms with E-state index in [9.17, 15) is 4.79 Å². The summed E-state index contributed by atoms with van der Waals surface area (Å²) in [4.78, 5) is 10.5. The molecule has 0 N–H and O–H groups in total. The number of rotatable bonds is 2. The molecular weight excluding hydrogens is 132 g/mol. The highest BCUT2D eigenvalue weighted by Gasteiger charge is 2.37. The molecule has 56 valence electrons. The highest BCUT2D eigenvalue weighted by molar-refractivity contribution is 5.63. The normalized spacial score (nSPS) is 31.1. The van der Waals surface area contributed by atoms with Crippen molar-refractivity contribution in [3.05, 3.63) is 12.7 Å².